The maximum atomic E-state index is 11.9. The van der Waals surface area contributed by atoms with E-state index in [4.69, 9.17) is 13.8 Å². The molecule has 0 radical (unpaired) electrons. The molecule has 22 heavy (non-hydrogen) atoms. The van der Waals surface area contributed by atoms with Crippen LogP contribution in [-0.4, -0.2) is 58.5 Å². The number of hydroxylamine groups is 2. The summed E-state index contributed by atoms with van der Waals surface area (Å²) in [4.78, 5) is 27.9. The van der Waals surface area contributed by atoms with Gasteiger partial charge in [-0.1, -0.05) is 13.8 Å². The fourth-order valence-corrected chi connectivity index (χ4v) is 2.31. The summed E-state index contributed by atoms with van der Waals surface area (Å²) < 4.78 is 31.9. The van der Waals surface area contributed by atoms with Gasteiger partial charge in [0.15, 0.2) is 0 Å². The number of carbonyl (C=O) groups excluding carboxylic acids is 2. The normalized spacial score (nSPS) is 15.7. The molecule has 0 heterocycles. The zero-order valence-electron chi connectivity index (χ0n) is 13.9. The summed E-state index contributed by atoms with van der Waals surface area (Å²) in [5.41, 5.74) is 0. The van der Waals surface area contributed by atoms with Crippen molar-refractivity contribution in [2.45, 2.75) is 33.3 Å². The highest BCUT2D eigenvalue weighted by Crippen LogP contribution is 2.20. The van der Waals surface area contributed by atoms with Crippen LogP contribution in [0.5, 0.6) is 0 Å². The van der Waals surface area contributed by atoms with Crippen molar-refractivity contribution in [3.05, 3.63) is 0 Å². The van der Waals surface area contributed by atoms with E-state index in [1.54, 1.807) is 13.8 Å². The summed E-state index contributed by atoms with van der Waals surface area (Å²) in [6.07, 6.45) is 0.551. The van der Waals surface area contributed by atoms with Gasteiger partial charge in [-0.15, -0.1) is 0 Å². The van der Waals surface area contributed by atoms with Crippen molar-refractivity contribution in [2.75, 3.05) is 27.0 Å². The van der Waals surface area contributed by atoms with Crippen LogP contribution in [-0.2, 0) is 33.5 Å². The summed E-state index contributed by atoms with van der Waals surface area (Å²) in [6, 6.07) is 0. The highest BCUT2D eigenvalue weighted by molar-refractivity contribution is 7.85. The SMILES string of the molecule is CON(C)C(=O)[C@@H](C)C[C@H](C)[C@H](COS(C)(=O)=O)OC(C)=O. The van der Waals surface area contributed by atoms with E-state index in [0.717, 1.165) is 11.3 Å². The molecule has 0 saturated heterocycles. The third-order valence-electron chi connectivity index (χ3n) is 3.13. The molecule has 130 valence electrons. The minimum atomic E-state index is -3.64. The van der Waals surface area contributed by atoms with Crippen LogP contribution in [0.4, 0.5) is 0 Å². The Balaban J connectivity index is 4.77. The molecule has 0 fully saturated rings. The van der Waals surface area contributed by atoms with E-state index in [0.29, 0.717) is 6.42 Å². The molecule has 0 aliphatic carbocycles. The lowest BCUT2D eigenvalue weighted by atomic mass is 9.92. The summed E-state index contributed by atoms with van der Waals surface area (Å²) in [5.74, 6) is -1.41. The quantitative estimate of drug-likeness (QED) is 0.344. The average molecular weight is 339 g/mol. The first-order valence-corrected chi connectivity index (χ1v) is 8.62. The Bertz CT molecular complexity index is 477. The molecule has 0 aromatic rings. The lowest BCUT2D eigenvalue weighted by Gasteiger charge is -2.26. The Morgan fingerprint density at radius 2 is 1.77 bits per heavy atom. The van der Waals surface area contributed by atoms with Crippen molar-refractivity contribution in [2.24, 2.45) is 11.8 Å². The van der Waals surface area contributed by atoms with Crippen molar-refractivity contribution >= 4 is 22.0 Å². The average Bonchev–Trinajstić information content (AvgIpc) is 2.39. The molecule has 0 N–H and O–H groups in total. The number of hydrogen-bond donors (Lipinski definition) is 0. The molecule has 0 unspecified atom stereocenters. The number of nitrogens with zero attached hydrogens (tertiary/aromatic N) is 1. The number of ether oxygens (including phenoxy) is 1. The largest absolute Gasteiger partial charge is 0.460 e. The molecule has 0 aliphatic heterocycles. The Labute approximate surface area is 131 Å². The van der Waals surface area contributed by atoms with Crippen molar-refractivity contribution in [3.63, 3.8) is 0 Å². The van der Waals surface area contributed by atoms with Gasteiger partial charge in [0.25, 0.3) is 10.1 Å². The number of amides is 1. The van der Waals surface area contributed by atoms with Crippen LogP contribution in [0.1, 0.15) is 27.2 Å². The molecule has 9 heteroatoms. The summed E-state index contributed by atoms with van der Waals surface area (Å²) >= 11 is 0. The molecule has 3 atom stereocenters. The maximum Gasteiger partial charge on any atom is 0.302 e. The Hall–Kier alpha value is -1.19. The van der Waals surface area contributed by atoms with E-state index >= 15 is 0 Å². The molecule has 1 amide bonds. The van der Waals surface area contributed by atoms with E-state index in [1.807, 2.05) is 0 Å². The second-order valence-corrected chi connectivity index (χ2v) is 6.91. The van der Waals surface area contributed by atoms with Crippen LogP contribution in [0, 0.1) is 11.8 Å². The predicted octanol–water partition coefficient (Wildman–Crippen LogP) is 0.576. The molecule has 0 bridgehead atoms. The van der Waals surface area contributed by atoms with E-state index < -0.39 is 22.2 Å². The highest BCUT2D eigenvalue weighted by atomic mass is 32.2. The van der Waals surface area contributed by atoms with Crippen molar-refractivity contribution < 1.29 is 31.8 Å². The lowest BCUT2D eigenvalue weighted by molar-refractivity contribution is -0.173. The molecule has 0 aliphatic rings. The van der Waals surface area contributed by atoms with Crippen LogP contribution in [0.2, 0.25) is 0 Å². The predicted molar refractivity (Wildman–Crippen MR) is 79.1 cm³/mol. The third kappa shape index (κ3) is 8.30. The summed E-state index contributed by atoms with van der Waals surface area (Å²) in [6.45, 7) is 4.43. The van der Waals surface area contributed by atoms with Crippen LogP contribution in [0.3, 0.4) is 0 Å². The molecule has 0 saturated carbocycles. The molecular formula is C13H25NO7S. The monoisotopic (exact) mass is 339 g/mol. The minimum absolute atomic E-state index is 0.222. The fourth-order valence-electron chi connectivity index (χ4n) is 1.93. The van der Waals surface area contributed by atoms with Crippen LogP contribution < -0.4 is 0 Å². The van der Waals surface area contributed by atoms with Gasteiger partial charge in [-0.3, -0.25) is 18.6 Å². The maximum absolute atomic E-state index is 11.9. The highest BCUT2D eigenvalue weighted by Gasteiger charge is 2.27. The van der Waals surface area contributed by atoms with Gasteiger partial charge in [-0.2, -0.15) is 8.42 Å². The van der Waals surface area contributed by atoms with Gasteiger partial charge in [0.2, 0.25) is 5.91 Å². The van der Waals surface area contributed by atoms with Gasteiger partial charge < -0.3 is 4.74 Å². The second-order valence-electron chi connectivity index (χ2n) is 5.27. The number of hydrogen-bond acceptors (Lipinski definition) is 7. The Morgan fingerprint density at radius 1 is 1.23 bits per heavy atom. The summed E-state index contributed by atoms with van der Waals surface area (Å²) in [7, 11) is -0.753. The van der Waals surface area contributed by atoms with Crippen LogP contribution in [0.25, 0.3) is 0 Å². The van der Waals surface area contributed by atoms with Gasteiger partial charge >= 0.3 is 5.97 Å². The van der Waals surface area contributed by atoms with Crippen molar-refractivity contribution in [3.8, 4) is 0 Å². The standard InChI is InChI=1S/C13H25NO7S/c1-9(7-10(2)13(16)14(4)19-5)12(21-11(3)15)8-20-22(6,17)18/h9-10,12H,7-8H2,1-6H3/t9-,10-,12-/m0/s1. The van der Waals surface area contributed by atoms with Crippen molar-refractivity contribution in [1.29, 1.82) is 0 Å². The van der Waals surface area contributed by atoms with Crippen molar-refractivity contribution in [1.82, 2.24) is 5.06 Å². The molecule has 0 aromatic heterocycles. The number of esters is 1. The van der Waals surface area contributed by atoms with Gasteiger partial charge in [0, 0.05) is 19.9 Å². The molecule has 8 nitrogen and oxygen atoms in total. The van der Waals surface area contributed by atoms with E-state index in [1.165, 1.54) is 21.1 Å². The van der Waals surface area contributed by atoms with Gasteiger partial charge in [-0.05, 0) is 12.3 Å². The van der Waals surface area contributed by atoms with Gasteiger partial charge in [0.05, 0.1) is 13.4 Å². The Kier molecular flexibility index (Phi) is 8.57. The molecule has 0 rings (SSSR count). The van der Waals surface area contributed by atoms with Crippen LogP contribution in [0.15, 0.2) is 0 Å². The second kappa shape index (κ2) is 9.06. The van der Waals surface area contributed by atoms with E-state index in [2.05, 4.69) is 0 Å². The fraction of sp³-hybridized carbons (Fsp3) is 0.846. The zero-order valence-corrected chi connectivity index (χ0v) is 14.7. The molecule has 0 aromatic carbocycles. The Morgan fingerprint density at radius 3 is 2.18 bits per heavy atom. The smallest absolute Gasteiger partial charge is 0.302 e. The minimum Gasteiger partial charge on any atom is -0.460 e. The first-order valence-electron chi connectivity index (χ1n) is 6.81. The third-order valence-corrected chi connectivity index (χ3v) is 3.69. The number of carbonyl (C=O) groups is 2. The first kappa shape index (κ1) is 20.8. The summed E-state index contributed by atoms with van der Waals surface area (Å²) in [5, 5.41) is 1.12. The first-order chi connectivity index (χ1) is 9.97. The van der Waals surface area contributed by atoms with E-state index in [-0.39, 0.29) is 24.3 Å². The molecular weight excluding hydrogens is 314 g/mol. The van der Waals surface area contributed by atoms with Gasteiger partial charge in [-0.25, -0.2) is 5.06 Å². The molecule has 0 spiro atoms. The number of rotatable bonds is 9. The topological polar surface area (TPSA) is 99.2 Å². The van der Waals surface area contributed by atoms with Crippen LogP contribution >= 0.6 is 0 Å². The lowest BCUT2D eigenvalue weighted by Crippen LogP contribution is -2.35. The van der Waals surface area contributed by atoms with E-state index in [9.17, 15) is 18.0 Å². The zero-order chi connectivity index (χ0) is 17.5. The van der Waals surface area contributed by atoms with Gasteiger partial charge in [0.1, 0.15) is 12.7 Å².